The molecule has 1 aliphatic heterocycles. The molecule has 1 saturated carbocycles. The third-order valence-electron chi connectivity index (χ3n) is 6.28. The van der Waals surface area contributed by atoms with E-state index in [9.17, 15) is 5.11 Å². The van der Waals surface area contributed by atoms with E-state index in [0.29, 0.717) is 6.54 Å². The van der Waals surface area contributed by atoms with Crippen molar-refractivity contribution >= 4 is 29.9 Å². The fourth-order valence-electron chi connectivity index (χ4n) is 4.35. The van der Waals surface area contributed by atoms with Gasteiger partial charge in [-0.3, -0.25) is 4.99 Å². The number of hydrogen-bond donors (Lipinski definition) is 3. The van der Waals surface area contributed by atoms with Gasteiger partial charge < -0.3 is 20.3 Å². The fourth-order valence-corrected chi connectivity index (χ4v) is 4.35. The first-order valence-corrected chi connectivity index (χ1v) is 11.2. The van der Waals surface area contributed by atoms with Crippen molar-refractivity contribution in [3.63, 3.8) is 0 Å². The summed E-state index contributed by atoms with van der Waals surface area (Å²) in [6.07, 6.45) is 10.8. The molecule has 8 heteroatoms. The van der Waals surface area contributed by atoms with E-state index in [2.05, 4.69) is 39.2 Å². The third kappa shape index (κ3) is 6.80. The highest BCUT2D eigenvalue weighted by atomic mass is 127. The number of fused-ring (bicyclic) bond motifs is 1. The van der Waals surface area contributed by atoms with Crippen LogP contribution in [-0.2, 0) is 19.4 Å². The van der Waals surface area contributed by atoms with Crippen molar-refractivity contribution in [2.24, 2.45) is 10.4 Å². The number of aliphatic hydroxyl groups excluding tert-OH is 1. The number of halogens is 1. The van der Waals surface area contributed by atoms with Crippen LogP contribution in [0, 0.1) is 5.41 Å². The molecule has 3 rings (SSSR count). The topological polar surface area (TPSA) is 87.4 Å². The summed E-state index contributed by atoms with van der Waals surface area (Å²) < 4.78 is 2.33. The largest absolute Gasteiger partial charge is 0.392 e. The number of guanidine groups is 1. The number of nitrogens with one attached hydrogen (secondary N) is 2. The van der Waals surface area contributed by atoms with Crippen LogP contribution in [0.5, 0.6) is 0 Å². The average molecular weight is 518 g/mol. The Bertz CT molecular complexity index is 649. The first-order valence-electron chi connectivity index (χ1n) is 11.2. The molecule has 7 nitrogen and oxygen atoms in total. The van der Waals surface area contributed by atoms with E-state index < -0.39 is 0 Å². The second kappa shape index (κ2) is 12.1. The van der Waals surface area contributed by atoms with Crippen LogP contribution in [0.2, 0.25) is 0 Å². The fraction of sp³-hybridized carbons (Fsp3) is 0.857. The van der Waals surface area contributed by atoms with Gasteiger partial charge in [-0.25, -0.2) is 0 Å². The van der Waals surface area contributed by atoms with E-state index in [1.807, 2.05) is 0 Å². The second-order valence-electron chi connectivity index (χ2n) is 8.64. The van der Waals surface area contributed by atoms with E-state index >= 15 is 0 Å². The molecule has 2 aliphatic rings. The molecular weight excluding hydrogens is 479 g/mol. The number of rotatable bonds is 7. The molecule has 1 aliphatic carbocycles. The molecule has 1 aromatic heterocycles. The van der Waals surface area contributed by atoms with Gasteiger partial charge in [0.15, 0.2) is 5.96 Å². The summed E-state index contributed by atoms with van der Waals surface area (Å²) in [4.78, 5) is 4.78. The average Bonchev–Trinajstić information content (AvgIpc) is 2.92. The minimum atomic E-state index is -0.240. The number of aryl methyl sites for hydroxylation is 2. The predicted molar refractivity (Wildman–Crippen MR) is 128 cm³/mol. The van der Waals surface area contributed by atoms with Gasteiger partial charge in [0.25, 0.3) is 0 Å². The van der Waals surface area contributed by atoms with Crippen LogP contribution in [0.1, 0.15) is 76.9 Å². The highest BCUT2D eigenvalue weighted by molar-refractivity contribution is 14.0. The van der Waals surface area contributed by atoms with Crippen molar-refractivity contribution in [3.05, 3.63) is 11.6 Å². The maximum atomic E-state index is 10.4. The number of hydrogen-bond acceptors (Lipinski definition) is 4. The first kappa shape index (κ1) is 24.4. The molecule has 0 saturated heterocycles. The molecule has 0 bridgehead atoms. The van der Waals surface area contributed by atoms with Gasteiger partial charge in [0, 0.05) is 37.9 Å². The Hall–Kier alpha value is -0.900. The SMILES string of the molecule is CCNC(=NCC1(C)CCCCC1O)NCCCc1nnc2n1CCCCC2.I. The number of nitrogens with zero attached hydrogens (tertiary/aromatic N) is 4. The molecule has 0 radical (unpaired) electrons. The molecule has 2 unspecified atom stereocenters. The number of aliphatic imine (C=N–C) groups is 1. The highest BCUT2D eigenvalue weighted by Crippen LogP contribution is 2.36. The lowest BCUT2D eigenvalue weighted by molar-refractivity contribution is 0.00716. The Balaban J connectivity index is 0.00000300. The Morgan fingerprint density at radius 1 is 1.21 bits per heavy atom. The van der Waals surface area contributed by atoms with Gasteiger partial charge in [0.05, 0.1) is 12.6 Å². The zero-order chi connectivity index (χ0) is 19.8. The smallest absolute Gasteiger partial charge is 0.191 e. The van der Waals surface area contributed by atoms with Crippen LogP contribution in [-0.4, -0.2) is 51.6 Å². The van der Waals surface area contributed by atoms with Crippen molar-refractivity contribution in [3.8, 4) is 0 Å². The zero-order valence-corrected chi connectivity index (χ0v) is 20.5. The van der Waals surface area contributed by atoms with Crippen LogP contribution in [0.25, 0.3) is 0 Å². The third-order valence-corrected chi connectivity index (χ3v) is 6.28. The van der Waals surface area contributed by atoms with E-state index in [1.165, 1.54) is 25.7 Å². The summed E-state index contributed by atoms with van der Waals surface area (Å²) in [6, 6.07) is 0. The van der Waals surface area contributed by atoms with Gasteiger partial charge in [-0.15, -0.1) is 34.2 Å². The monoisotopic (exact) mass is 518 g/mol. The number of aromatic nitrogens is 3. The minimum absolute atomic E-state index is 0. The van der Waals surface area contributed by atoms with Gasteiger partial charge in [0.2, 0.25) is 0 Å². The molecule has 166 valence electrons. The molecule has 2 heterocycles. The summed E-state index contributed by atoms with van der Waals surface area (Å²) in [5, 5.41) is 26.0. The molecule has 1 aromatic rings. The molecule has 0 spiro atoms. The van der Waals surface area contributed by atoms with Crippen LogP contribution < -0.4 is 10.6 Å². The van der Waals surface area contributed by atoms with E-state index in [1.54, 1.807) is 0 Å². The van der Waals surface area contributed by atoms with Crippen LogP contribution in [0.3, 0.4) is 0 Å². The summed E-state index contributed by atoms with van der Waals surface area (Å²) in [6.45, 7) is 7.67. The molecule has 29 heavy (non-hydrogen) atoms. The summed E-state index contributed by atoms with van der Waals surface area (Å²) in [7, 11) is 0. The van der Waals surface area contributed by atoms with Crippen molar-refractivity contribution in [2.75, 3.05) is 19.6 Å². The normalized spacial score (nSPS) is 24.9. The lowest BCUT2D eigenvalue weighted by atomic mass is 9.73. The van der Waals surface area contributed by atoms with Gasteiger partial charge in [-0.2, -0.15) is 0 Å². The summed E-state index contributed by atoms with van der Waals surface area (Å²) in [5.41, 5.74) is -0.0975. The molecule has 2 atom stereocenters. The first-order chi connectivity index (χ1) is 13.6. The van der Waals surface area contributed by atoms with Crippen LogP contribution in [0.4, 0.5) is 0 Å². The molecule has 3 N–H and O–H groups in total. The number of aliphatic hydroxyl groups is 1. The second-order valence-corrected chi connectivity index (χ2v) is 8.64. The lowest BCUT2D eigenvalue weighted by Gasteiger charge is -2.37. The summed E-state index contributed by atoms with van der Waals surface area (Å²) in [5.74, 6) is 3.13. The van der Waals surface area contributed by atoms with Crippen LogP contribution in [0.15, 0.2) is 4.99 Å². The van der Waals surface area contributed by atoms with Gasteiger partial charge >= 0.3 is 0 Å². The maximum absolute atomic E-state index is 10.4. The molecule has 1 fully saturated rings. The Kier molecular flexibility index (Phi) is 10.1. The summed E-state index contributed by atoms with van der Waals surface area (Å²) >= 11 is 0. The molecule has 0 amide bonds. The molecular formula is C21H39IN6O. The van der Waals surface area contributed by atoms with Crippen molar-refractivity contribution in [2.45, 2.75) is 90.7 Å². The van der Waals surface area contributed by atoms with Crippen molar-refractivity contribution < 1.29 is 5.11 Å². The van der Waals surface area contributed by atoms with E-state index in [-0.39, 0.29) is 35.5 Å². The highest BCUT2D eigenvalue weighted by Gasteiger charge is 2.35. The van der Waals surface area contributed by atoms with E-state index in [4.69, 9.17) is 4.99 Å². The van der Waals surface area contributed by atoms with Crippen molar-refractivity contribution in [1.82, 2.24) is 25.4 Å². The predicted octanol–water partition coefficient (Wildman–Crippen LogP) is 3.05. The standard InChI is InChI=1S/C21H38N6O.HI/c1-3-22-20(24-16-21(2)13-7-6-10-17(21)28)23-14-9-12-19-26-25-18-11-5-4-8-15-27(18)19;/h17,28H,3-16H2,1-2H3,(H2,22,23,24);1H. The van der Waals surface area contributed by atoms with Gasteiger partial charge in [-0.1, -0.05) is 26.2 Å². The maximum Gasteiger partial charge on any atom is 0.191 e. The Morgan fingerprint density at radius 2 is 2.07 bits per heavy atom. The quantitative estimate of drug-likeness (QED) is 0.224. The van der Waals surface area contributed by atoms with Gasteiger partial charge in [-0.05, 0) is 39.0 Å². The van der Waals surface area contributed by atoms with Crippen molar-refractivity contribution in [1.29, 1.82) is 0 Å². The van der Waals surface area contributed by atoms with Crippen LogP contribution >= 0.6 is 24.0 Å². The Morgan fingerprint density at radius 3 is 2.86 bits per heavy atom. The zero-order valence-electron chi connectivity index (χ0n) is 18.1. The van der Waals surface area contributed by atoms with E-state index in [0.717, 1.165) is 75.8 Å². The minimum Gasteiger partial charge on any atom is -0.392 e. The Labute approximate surface area is 192 Å². The molecule has 0 aromatic carbocycles. The lowest BCUT2D eigenvalue weighted by Crippen LogP contribution is -2.42. The van der Waals surface area contributed by atoms with Gasteiger partial charge in [0.1, 0.15) is 11.6 Å².